The number of nitrogens with zero attached hydrogens (tertiary/aromatic N) is 1. The lowest BCUT2D eigenvalue weighted by Crippen LogP contribution is -2.00. The molecule has 3 nitrogen and oxygen atoms in total. The smallest absolute Gasteiger partial charge is 0.138 e. The average molecular weight is 294 g/mol. The van der Waals surface area contributed by atoms with Crippen LogP contribution in [0, 0.1) is 13.8 Å². The summed E-state index contributed by atoms with van der Waals surface area (Å²) in [6, 6.07) is 12.4. The van der Waals surface area contributed by atoms with Crippen LogP contribution in [0.4, 0.5) is 0 Å². The molecule has 0 radical (unpaired) electrons. The molecule has 114 valence electrons. The number of fused-ring (bicyclic) bond motifs is 1. The third-order valence-electron chi connectivity index (χ3n) is 3.87. The number of benzene rings is 2. The number of unbranched alkanes of at least 4 members (excludes halogenated alkanes) is 1. The summed E-state index contributed by atoms with van der Waals surface area (Å²) in [5.41, 5.74) is 5.49. The maximum absolute atomic E-state index is 5.93. The summed E-state index contributed by atoms with van der Waals surface area (Å²) >= 11 is 0. The first-order valence-corrected chi connectivity index (χ1v) is 7.88. The van der Waals surface area contributed by atoms with Gasteiger partial charge in [0.2, 0.25) is 0 Å². The zero-order valence-electron chi connectivity index (χ0n) is 13.4. The summed E-state index contributed by atoms with van der Waals surface area (Å²) in [6.45, 7) is 7.15. The summed E-state index contributed by atoms with van der Waals surface area (Å²) in [7, 11) is 0. The van der Waals surface area contributed by atoms with Crippen molar-refractivity contribution in [2.24, 2.45) is 0 Å². The molecule has 0 fully saturated rings. The molecule has 0 aliphatic carbocycles. The fourth-order valence-corrected chi connectivity index (χ4v) is 2.72. The molecule has 1 heterocycles. The van der Waals surface area contributed by atoms with Gasteiger partial charge in [0.1, 0.15) is 11.6 Å². The topological polar surface area (TPSA) is 37.9 Å². The molecular weight excluding hydrogens is 272 g/mol. The Morgan fingerprint density at radius 2 is 1.82 bits per heavy atom. The van der Waals surface area contributed by atoms with Gasteiger partial charge < -0.3 is 9.72 Å². The van der Waals surface area contributed by atoms with Crippen LogP contribution in [-0.2, 0) is 0 Å². The second-order valence-electron chi connectivity index (χ2n) is 5.74. The Morgan fingerprint density at radius 3 is 2.50 bits per heavy atom. The van der Waals surface area contributed by atoms with Gasteiger partial charge in [0.05, 0.1) is 17.6 Å². The van der Waals surface area contributed by atoms with E-state index in [0.29, 0.717) is 0 Å². The molecule has 0 saturated carbocycles. The summed E-state index contributed by atoms with van der Waals surface area (Å²) in [6.07, 6.45) is 2.24. The van der Waals surface area contributed by atoms with E-state index in [4.69, 9.17) is 4.74 Å². The number of para-hydroxylation sites is 2. The summed E-state index contributed by atoms with van der Waals surface area (Å²) in [4.78, 5) is 8.06. The quantitative estimate of drug-likeness (QED) is 0.670. The lowest BCUT2D eigenvalue weighted by Gasteiger charge is -2.13. The van der Waals surface area contributed by atoms with E-state index in [9.17, 15) is 0 Å². The van der Waals surface area contributed by atoms with E-state index in [0.717, 1.165) is 58.7 Å². The summed E-state index contributed by atoms with van der Waals surface area (Å²) in [5.74, 6) is 1.92. The van der Waals surface area contributed by atoms with Gasteiger partial charge in [-0.3, -0.25) is 0 Å². The second kappa shape index (κ2) is 6.22. The van der Waals surface area contributed by atoms with Crippen molar-refractivity contribution < 1.29 is 4.74 Å². The van der Waals surface area contributed by atoms with Crippen molar-refractivity contribution in [3.05, 3.63) is 47.5 Å². The van der Waals surface area contributed by atoms with Crippen molar-refractivity contribution in [2.45, 2.75) is 33.6 Å². The highest BCUT2D eigenvalue weighted by atomic mass is 16.5. The van der Waals surface area contributed by atoms with Crippen LogP contribution in [0.15, 0.2) is 36.4 Å². The lowest BCUT2D eigenvalue weighted by molar-refractivity contribution is 0.305. The number of imidazole rings is 1. The number of aryl methyl sites for hydroxylation is 2. The van der Waals surface area contributed by atoms with Crippen LogP contribution in [0.2, 0.25) is 0 Å². The van der Waals surface area contributed by atoms with Crippen LogP contribution in [0.5, 0.6) is 5.75 Å². The molecule has 0 bridgehead atoms. The van der Waals surface area contributed by atoms with Gasteiger partial charge in [-0.1, -0.05) is 25.5 Å². The lowest BCUT2D eigenvalue weighted by atomic mass is 10.1. The van der Waals surface area contributed by atoms with Crippen molar-refractivity contribution in [2.75, 3.05) is 6.61 Å². The molecule has 0 aliphatic rings. The van der Waals surface area contributed by atoms with Gasteiger partial charge in [-0.15, -0.1) is 0 Å². The summed E-state index contributed by atoms with van der Waals surface area (Å²) < 4.78 is 5.93. The van der Waals surface area contributed by atoms with Crippen molar-refractivity contribution >= 4 is 11.0 Å². The average Bonchev–Trinajstić information content (AvgIpc) is 2.94. The van der Waals surface area contributed by atoms with Crippen molar-refractivity contribution in [3.63, 3.8) is 0 Å². The largest absolute Gasteiger partial charge is 0.493 e. The van der Waals surface area contributed by atoms with E-state index < -0.39 is 0 Å². The zero-order chi connectivity index (χ0) is 15.5. The molecule has 2 aromatic carbocycles. The monoisotopic (exact) mass is 294 g/mol. The number of H-pyrrole nitrogens is 1. The van der Waals surface area contributed by atoms with E-state index in [2.05, 4.69) is 42.9 Å². The van der Waals surface area contributed by atoms with Crippen LogP contribution in [-0.4, -0.2) is 16.6 Å². The molecule has 3 rings (SSSR count). The number of rotatable bonds is 5. The summed E-state index contributed by atoms with van der Waals surface area (Å²) in [5, 5.41) is 0. The molecule has 3 heteroatoms. The molecule has 0 unspecified atom stereocenters. The molecule has 0 spiro atoms. The Hall–Kier alpha value is -2.29. The molecule has 0 amide bonds. The second-order valence-corrected chi connectivity index (χ2v) is 5.74. The van der Waals surface area contributed by atoms with Crippen LogP contribution in [0.25, 0.3) is 22.4 Å². The first kappa shape index (κ1) is 14.6. The van der Waals surface area contributed by atoms with Crippen LogP contribution >= 0.6 is 0 Å². The Kier molecular flexibility index (Phi) is 4.14. The zero-order valence-corrected chi connectivity index (χ0v) is 13.4. The number of ether oxygens (including phenoxy) is 1. The highest BCUT2D eigenvalue weighted by molar-refractivity contribution is 5.79. The first-order valence-electron chi connectivity index (χ1n) is 7.88. The Balaban J connectivity index is 1.94. The molecule has 3 aromatic rings. The molecule has 22 heavy (non-hydrogen) atoms. The van der Waals surface area contributed by atoms with Crippen molar-refractivity contribution in [1.29, 1.82) is 0 Å². The van der Waals surface area contributed by atoms with Crippen LogP contribution < -0.4 is 4.74 Å². The molecule has 0 atom stereocenters. The Labute approximate surface area is 131 Å². The number of hydrogen-bond acceptors (Lipinski definition) is 2. The fourth-order valence-electron chi connectivity index (χ4n) is 2.72. The van der Waals surface area contributed by atoms with Crippen molar-refractivity contribution in [3.8, 4) is 17.1 Å². The van der Waals surface area contributed by atoms with Gasteiger partial charge in [-0.25, -0.2) is 4.98 Å². The number of hydrogen-bond donors (Lipinski definition) is 1. The molecular formula is C19H22N2O. The number of aromatic nitrogens is 2. The third-order valence-corrected chi connectivity index (χ3v) is 3.87. The third kappa shape index (κ3) is 2.84. The van der Waals surface area contributed by atoms with E-state index in [1.54, 1.807) is 0 Å². The highest BCUT2D eigenvalue weighted by Crippen LogP contribution is 2.30. The molecule has 0 saturated heterocycles. The predicted molar refractivity (Wildman–Crippen MR) is 91.4 cm³/mol. The maximum atomic E-state index is 5.93. The predicted octanol–water partition coefficient (Wildman–Crippen LogP) is 5.03. The SMILES string of the molecule is CCCCOc1c(C)cc(-c2nc3ccccc3[nH]2)cc1C. The van der Waals surface area contributed by atoms with Crippen LogP contribution in [0.3, 0.4) is 0 Å². The number of nitrogens with one attached hydrogen (secondary N) is 1. The first-order chi connectivity index (χ1) is 10.7. The minimum absolute atomic E-state index is 0.780. The molecule has 0 aliphatic heterocycles. The minimum Gasteiger partial charge on any atom is -0.493 e. The van der Waals surface area contributed by atoms with Crippen molar-refractivity contribution in [1.82, 2.24) is 9.97 Å². The normalized spacial score (nSPS) is 11.0. The van der Waals surface area contributed by atoms with Gasteiger partial charge in [-0.2, -0.15) is 0 Å². The minimum atomic E-state index is 0.780. The fraction of sp³-hybridized carbons (Fsp3) is 0.316. The van der Waals surface area contributed by atoms with E-state index in [1.165, 1.54) is 0 Å². The van der Waals surface area contributed by atoms with Gasteiger partial charge in [0.25, 0.3) is 0 Å². The number of aromatic amines is 1. The Morgan fingerprint density at radius 1 is 1.09 bits per heavy atom. The van der Waals surface area contributed by atoms with Gasteiger partial charge >= 0.3 is 0 Å². The van der Waals surface area contributed by atoms with Gasteiger partial charge in [0, 0.05) is 5.56 Å². The van der Waals surface area contributed by atoms with E-state index >= 15 is 0 Å². The van der Waals surface area contributed by atoms with Crippen LogP contribution in [0.1, 0.15) is 30.9 Å². The van der Waals surface area contributed by atoms with Gasteiger partial charge in [0.15, 0.2) is 0 Å². The maximum Gasteiger partial charge on any atom is 0.138 e. The van der Waals surface area contributed by atoms with E-state index in [-0.39, 0.29) is 0 Å². The Bertz CT molecular complexity index is 733. The molecule has 1 N–H and O–H groups in total. The highest BCUT2D eigenvalue weighted by Gasteiger charge is 2.10. The van der Waals surface area contributed by atoms with E-state index in [1.807, 2.05) is 24.3 Å². The van der Waals surface area contributed by atoms with Gasteiger partial charge in [-0.05, 0) is 55.7 Å². The molecule has 1 aromatic heterocycles. The standard InChI is InChI=1S/C19H22N2O/c1-4-5-10-22-18-13(2)11-15(12-14(18)3)19-20-16-8-6-7-9-17(16)21-19/h6-9,11-12H,4-5,10H2,1-3H3,(H,20,21).